The molecule has 0 saturated heterocycles. The number of ketones is 1. The minimum Gasteiger partial charge on any atom is -0.295 e. The Balaban J connectivity index is 2.66. The highest BCUT2D eigenvalue weighted by atomic mass is 16.1. The van der Waals surface area contributed by atoms with Crippen molar-refractivity contribution < 1.29 is 4.79 Å². The Bertz CT molecular complexity index is 596. The Morgan fingerprint density at radius 2 is 1.68 bits per heavy atom. The third-order valence-electron chi connectivity index (χ3n) is 3.61. The molecule has 0 amide bonds. The van der Waals surface area contributed by atoms with Crippen molar-refractivity contribution in [1.82, 2.24) is 0 Å². The number of benzene rings is 2. The van der Waals surface area contributed by atoms with Gasteiger partial charge in [-0.3, -0.25) is 4.79 Å². The lowest BCUT2D eigenvalue weighted by Gasteiger charge is -2.11. The molecule has 100 valence electrons. The maximum Gasteiger partial charge on any atom is 0.160 e. The zero-order valence-electron chi connectivity index (χ0n) is 12.1. The minimum absolute atomic E-state index is 0.177. The summed E-state index contributed by atoms with van der Waals surface area (Å²) in [6.07, 6.45) is 4.25. The molecule has 0 aromatic heterocycles. The van der Waals surface area contributed by atoms with E-state index in [1.165, 1.54) is 21.9 Å². The van der Waals surface area contributed by atoms with Gasteiger partial charge >= 0.3 is 0 Å². The molecule has 0 bridgehead atoms. The Kier molecular flexibility index (Phi) is 4.36. The van der Waals surface area contributed by atoms with Crippen molar-refractivity contribution in [3.05, 3.63) is 47.0 Å². The van der Waals surface area contributed by atoms with Gasteiger partial charge in [0.1, 0.15) is 0 Å². The Labute approximate surface area is 115 Å². The molecule has 0 heterocycles. The van der Waals surface area contributed by atoms with Crippen molar-refractivity contribution in [2.24, 2.45) is 0 Å². The second-order valence-electron chi connectivity index (χ2n) is 5.20. The average molecular weight is 254 g/mol. The number of rotatable bonds is 5. The zero-order chi connectivity index (χ0) is 13.8. The lowest BCUT2D eigenvalue weighted by molar-refractivity contribution is 0.101. The van der Waals surface area contributed by atoms with E-state index < -0.39 is 0 Å². The standard InChI is InChI=1S/C18H22O/c1-4-7-14-9-6-10-16-11-15(8-5-2)17(13(3)19)12-18(14)16/h6,9-12H,4-5,7-8H2,1-3H3. The van der Waals surface area contributed by atoms with Crippen molar-refractivity contribution in [3.63, 3.8) is 0 Å². The fraction of sp³-hybridized carbons (Fsp3) is 0.389. The SMILES string of the molecule is CCCc1cc2cccc(CCC)c2cc1C(C)=O. The van der Waals surface area contributed by atoms with Crippen molar-refractivity contribution in [3.8, 4) is 0 Å². The predicted octanol–water partition coefficient (Wildman–Crippen LogP) is 4.95. The lowest BCUT2D eigenvalue weighted by Crippen LogP contribution is -2.01. The summed E-state index contributed by atoms with van der Waals surface area (Å²) >= 11 is 0. The van der Waals surface area contributed by atoms with E-state index in [9.17, 15) is 4.79 Å². The van der Waals surface area contributed by atoms with Crippen LogP contribution < -0.4 is 0 Å². The maximum atomic E-state index is 11.9. The van der Waals surface area contributed by atoms with Gasteiger partial charge in [0.15, 0.2) is 5.78 Å². The summed E-state index contributed by atoms with van der Waals surface area (Å²) in [5, 5.41) is 2.51. The average Bonchev–Trinajstić information content (AvgIpc) is 2.39. The van der Waals surface area contributed by atoms with Crippen molar-refractivity contribution in [2.45, 2.75) is 46.5 Å². The monoisotopic (exact) mass is 254 g/mol. The molecule has 1 heteroatoms. The first-order chi connectivity index (χ1) is 9.17. The van der Waals surface area contributed by atoms with E-state index in [0.717, 1.165) is 31.2 Å². The summed E-state index contributed by atoms with van der Waals surface area (Å²) in [4.78, 5) is 11.9. The molecule has 2 aromatic carbocycles. The van der Waals surface area contributed by atoms with Crippen molar-refractivity contribution in [1.29, 1.82) is 0 Å². The number of carbonyl (C=O) groups excluding carboxylic acids is 1. The van der Waals surface area contributed by atoms with E-state index in [-0.39, 0.29) is 5.78 Å². The van der Waals surface area contributed by atoms with Crippen LogP contribution in [0.5, 0.6) is 0 Å². The third-order valence-corrected chi connectivity index (χ3v) is 3.61. The maximum absolute atomic E-state index is 11.9. The molecule has 0 spiro atoms. The molecule has 1 nitrogen and oxygen atoms in total. The topological polar surface area (TPSA) is 17.1 Å². The first-order valence-electron chi connectivity index (χ1n) is 7.22. The lowest BCUT2D eigenvalue weighted by atomic mass is 9.93. The van der Waals surface area contributed by atoms with Crippen LogP contribution in [-0.2, 0) is 12.8 Å². The van der Waals surface area contributed by atoms with Crippen LogP contribution in [0.4, 0.5) is 0 Å². The molecule has 2 rings (SSSR count). The smallest absolute Gasteiger partial charge is 0.160 e. The summed E-state index contributed by atoms with van der Waals surface area (Å²) in [6, 6.07) is 10.8. The fourth-order valence-electron chi connectivity index (χ4n) is 2.73. The van der Waals surface area contributed by atoms with Gasteiger partial charge in [-0.15, -0.1) is 0 Å². The number of carbonyl (C=O) groups is 1. The van der Waals surface area contributed by atoms with Gasteiger partial charge in [0.05, 0.1) is 0 Å². The van der Waals surface area contributed by atoms with Gasteiger partial charge in [-0.25, -0.2) is 0 Å². The van der Waals surface area contributed by atoms with Crippen LogP contribution in [0.2, 0.25) is 0 Å². The first kappa shape index (κ1) is 13.8. The van der Waals surface area contributed by atoms with Crippen LogP contribution in [0.3, 0.4) is 0 Å². The molecule has 2 aromatic rings. The molecule has 0 aliphatic carbocycles. The summed E-state index contributed by atoms with van der Waals surface area (Å²) in [7, 11) is 0. The van der Waals surface area contributed by atoms with Gasteiger partial charge in [-0.05, 0) is 47.7 Å². The molecule has 0 fully saturated rings. The van der Waals surface area contributed by atoms with E-state index in [4.69, 9.17) is 0 Å². The predicted molar refractivity (Wildman–Crippen MR) is 81.9 cm³/mol. The van der Waals surface area contributed by atoms with Crippen LogP contribution in [0.25, 0.3) is 10.8 Å². The van der Waals surface area contributed by atoms with Crippen LogP contribution in [-0.4, -0.2) is 5.78 Å². The van der Waals surface area contributed by atoms with Crippen LogP contribution in [0.15, 0.2) is 30.3 Å². The fourth-order valence-corrected chi connectivity index (χ4v) is 2.73. The molecular formula is C18H22O. The van der Waals surface area contributed by atoms with E-state index in [1.54, 1.807) is 6.92 Å². The van der Waals surface area contributed by atoms with Crippen LogP contribution in [0.1, 0.15) is 55.1 Å². The summed E-state index contributed by atoms with van der Waals surface area (Å²) in [5.41, 5.74) is 3.44. The largest absolute Gasteiger partial charge is 0.295 e. The number of aryl methyl sites for hydroxylation is 2. The van der Waals surface area contributed by atoms with Crippen molar-refractivity contribution in [2.75, 3.05) is 0 Å². The van der Waals surface area contributed by atoms with Gasteiger partial charge < -0.3 is 0 Å². The molecule has 0 radical (unpaired) electrons. The highest BCUT2D eigenvalue weighted by Gasteiger charge is 2.10. The Morgan fingerprint density at radius 1 is 1.00 bits per heavy atom. The van der Waals surface area contributed by atoms with Gasteiger partial charge in [-0.1, -0.05) is 51.0 Å². The van der Waals surface area contributed by atoms with Gasteiger partial charge in [0.2, 0.25) is 0 Å². The molecule has 0 atom stereocenters. The van der Waals surface area contributed by atoms with Crippen LogP contribution >= 0.6 is 0 Å². The number of fused-ring (bicyclic) bond motifs is 1. The van der Waals surface area contributed by atoms with E-state index >= 15 is 0 Å². The first-order valence-corrected chi connectivity index (χ1v) is 7.22. The Hall–Kier alpha value is -1.63. The zero-order valence-corrected chi connectivity index (χ0v) is 12.1. The van der Waals surface area contributed by atoms with Gasteiger partial charge in [0, 0.05) is 5.56 Å². The molecule has 0 N–H and O–H groups in total. The highest BCUT2D eigenvalue weighted by Crippen LogP contribution is 2.25. The number of Topliss-reactive ketones (excluding diaryl/α,β-unsaturated/α-hetero) is 1. The number of hydrogen-bond acceptors (Lipinski definition) is 1. The molecule has 0 saturated carbocycles. The Morgan fingerprint density at radius 3 is 2.32 bits per heavy atom. The molecule has 0 unspecified atom stereocenters. The van der Waals surface area contributed by atoms with Gasteiger partial charge in [-0.2, -0.15) is 0 Å². The van der Waals surface area contributed by atoms with Gasteiger partial charge in [0.25, 0.3) is 0 Å². The normalized spacial score (nSPS) is 10.9. The molecule has 0 aliphatic heterocycles. The third kappa shape index (κ3) is 2.86. The van der Waals surface area contributed by atoms with E-state index in [1.807, 2.05) is 0 Å². The summed E-state index contributed by atoms with van der Waals surface area (Å²) in [6.45, 7) is 6.01. The molecular weight excluding hydrogens is 232 g/mol. The minimum atomic E-state index is 0.177. The van der Waals surface area contributed by atoms with E-state index in [0.29, 0.717) is 0 Å². The second-order valence-corrected chi connectivity index (χ2v) is 5.20. The van der Waals surface area contributed by atoms with Crippen molar-refractivity contribution >= 4 is 16.6 Å². The second kappa shape index (κ2) is 6.01. The summed E-state index contributed by atoms with van der Waals surface area (Å²) < 4.78 is 0. The van der Waals surface area contributed by atoms with E-state index in [2.05, 4.69) is 44.2 Å². The molecule has 19 heavy (non-hydrogen) atoms. The summed E-state index contributed by atoms with van der Waals surface area (Å²) in [5.74, 6) is 0.177. The molecule has 0 aliphatic rings. The van der Waals surface area contributed by atoms with Crippen LogP contribution in [0, 0.1) is 0 Å². The highest BCUT2D eigenvalue weighted by molar-refractivity contribution is 6.01. The number of hydrogen-bond donors (Lipinski definition) is 0. The quantitative estimate of drug-likeness (QED) is 0.690.